The van der Waals surface area contributed by atoms with Crippen molar-refractivity contribution in [1.29, 1.82) is 0 Å². The third-order valence-corrected chi connectivity index (χ3v) is 1.79. The Morgan fingerprint density at radius 3 is 3.14 bits per heavy atom. The Bertz CT molecular complexity index is 257. The minimum absolute atomic E-state index is 0.147. The van der Waals surface area contributed by atoms with Crippen molar-refractivity contribution in [3.05, 3.63) is 24.0 Å². The number of carbonyl (C=O) groups is 1. The maximum absolute atomic E-state index is 10.9. The summed E-state index contributed by atoms with van der Waals surface area (Å²) in [6.45, 7) is 3.67. The lowest BCUT2D eigenvalue weighted by Crippen LogP contribution is -2.19. The fraction of sp³-hybridized carbons (Fsp3) is 0.500. The lowest BCUT2D eigenvalue weighted by atomic mass is 10.4. The smallest absolute Gasteiger partial charge is 0.307 e. The molecule has 0 aliphatic carbocycles. The number of nitrogens with one attached hydrogen (secondary N) is 2. The highest BCUT2D eigenvalue weighted by Gasteiger charge is 2.00. The van der Waals surface area contributed by atoms with Gasteiger partial charge in [-0.1, -0.05) is 0 Å². The second kappa shape index (κ2) is 6.21. The van der Waals surface area contributed by atoms with E-state index in [0.717, 1.165) is 12.2 Å². The van der Waals surface area contributed by atoms with Gasteiger partial charge in [-0.3, -0.25) is 4.79 Å². The van der Waals surface area contributed by atoms with Crippen LogP contribution in [-0.4, -0.2) is 24.1 Å². The van der Waals surface area contributed by atoms with Crippen LogP contribution < -0.4 is 5.32 Å². The molecule has 2 N–H and O–H groups in total. The number of ether oxygens (including phenoxy) is 1. The van der Waals surface area contributed by atoms with Crippen molar-refractivity contribution in [2.24, 2.45) is 0 Å². The maximum Gasteiger partial charge on any atom is 0.307 e. The number of aromatic amines is 1. The number of hydrogen-bond donors (Lipinski definition) is 2. The molecule has 0 fully saturated rings. The highest BCUT2D eigenvalue weighted by Crippen LogP contribution is 1.93. The van der Waals surface area contributed by atoms with Gasteiger partial charge in [0.2, 0.25) is 0 Å². The maximum atomic E-state index is 10.9. The molecule has 0 aliphatic rings. The SMILES string of the molecule is CCOC(=O)CCNCc1ccc[nH]1. The zero-order valence-corrected chi connectivity index (χ0v) is 8.38. The largest absolute Gasteiger partial charge is 0.466 e. The minimum atomic E-state index is -0.147. The summed E-state index contributed by atoms with van der Waals surface area (Å²) in [7, 11) is 0. The first kappa shape index (κ1) is 10.8. The van der Waals surface area contributed by atoms with E-state index in [1.54, 1.807) is 0 Å². The molecule has 1 aromatic heterocycles. The standard InChI is InChI=1S/C10H16N2O2/c1-2-14-10(13)5-7-11-8-9-4-3-6-12-9/h3-4,6,11-12H,2,5,7-8H2,1H3. The number of hydrogen-bond acceptors (Lipinski definition) is 3. The van der Waals surface area contributed by atoms with Crippen LogP contribution in [0.15, 0.2) is 18.3 Å². The Kier molecular flexibility index (Phi) is 4.78. The van der Waals surface area contributed by atoms with E-state index in [0.29, 0.717) is 19.6 Å². The molecule has 14 heavy (non-hydrogen) atoms. The van der Waals surface area contributed by atoms with E-state index < -0.39 is 0 Å². The third kappa shape index (κ3) is 4.09. The second-order valence-electron chi connectivity index (χ2n) is 2.93. The van der Waals surface area contributed by atoms with Gasteiger partial charge in [0.25, 0.3) is 0 Å². The van der Waals surface area contributed by atoms with E-state index in [-0.39, 0.29) is 5.97 Å². The van der Waals surface area contributed by atoms with E-state index in [9.17, 15) is 4.79 Å². The molecule has 0 aliphatic heterocycles. The zero-order valence-electron chi connectivity index (χ0n) is 8.38. The monoisotopic (exact) mass is 196 g/mol. The van der Waals surface area contributed by atoms with Gasteiger partial charge >= 0.3 is 5.97 Å². The average molecular weight is 196 g/mol. The van der Waals surface area contributed by atoms with Crippen molar-refractivity contribution in [1.82, 2.24) is 10.3 Å². The Labute approximate surface area is 83.7 Å². The molecule has 4 heteroatoms. The van der Waals surface area contributed by atoms with E-state index in [4.69, 9.17) is 4.74 Å². The van der Waals surface area contributed by atoms with Crippen molar-refractivity contribution in [3.63, 3.8) is 0 Å². The topological polar surface area (TPSA) is 54.1 Å². The van der Waals surface area contributed by atoms with Gasteiger partial charge in [0.05, 0.1) is 13.0 Å². The number of H-pyrrole nitrogens is 1. The first-order valence-corrected chi connectivity index (χ1v) is 4.81. The minimum Gasteiger partial charge on any atom is -0.466 e. The van der Waals surface area contributed by atoms with Crippen LogP contribution in [0.5, 0.6) is 0 Å². The molecule has 0 unspecified atom stereocenters. The Balaban J connectivity index is 2.02. The summed E-state index contributed by atoms with van der Waals surface area (Å²) >= 11 is 0. The van der Waals surface area contributed by atoms with Crippen LogP contribution in [0.3, 0.4) is 0 Å². The summed E-state index contributed by atoms with van der Waals surface area (Å²) in [4.78, 5) is 14.0. The number of aromatic nitrogens is 1. The summed E-state index contributed by atoms with van der Waals surface area (Å²) in [5.74, 6) is -0.147. The second-order valence-corrected chi connectivity index (χ2v) is 2.93. The molecule has 1 rings (SSSR count). The van der Waals surface area contributed by atoms with E-state index in [1.807, 2.05) is 25.3 Å². The predicted octanol–water partition coefficient (Wildman–Crippen LogP) is 1.06. The molecule has 0 spiro atoms. The molecule has 0 amide bonds. The van der Waals surface area contributed by atoms with E-state index >= 15 is 0 Å². The Hall–Kier alpha value is -1.29. The Morgan fingerprint density at radius 2 is 2.50 bits per heavy atom. The van der Waals surface area contributed by atoms with Crippen LogP contribution in [0.2, 0.25) is 0 Å². The highest BCUT2D eigenvalue weighted by molar-refractivity contribution is 5.69. The summed E-state index contributed by atoms with van der Waals surface area (Å²) in [5, 5.41) is 3.15. The molecule has 0 atom stereocenters. The number of rotatable bonds is 6. The highest BCUT2D eigenvalue weighted by atomic mass is 16.5. The summed E-state index contributed by atoms with van der Waals surface area (Å²) in [6.07, 6.45) is 2.30. The summed E-state index contributed by atoms with van der Waals surface area (Å²) < 4.78 is 4.79. The summed E-state index contributed by atoms with van der Waals surface area (Å²) in [5.41, 5.74) is 1.12. The van der Waals surface area contributed by atoms with Crippen LogP contribution in [0.25, 0.3) is 0 Å². The van der Waals surface area contributed by atoms with Crippen LogP contribution >= 0.6 is 0 Å². The molecular formula is C10H16N2O2. The van der Waals surface area contributed by atoms with Gasteiger partial charge in [0, 0.05) is 25.0 Å². The van der Waals surface area contributed by atoms with Gasteiger partial charge in [0.15, 0.2) is 0 Å². The predicted molar refractivity (Wildman–Crippen MR) is 53.7 cm³/mol. The summed E-state index contributed by atoms with van der Waals surface area (Å²) in [6, 6.07) is 3.94. The normalized spacial score (nSPS) is 10.1. The molecule has 78 valence electrons. The lowest BCUT2D eigenvalue weighted by Gasteiger charge is -2.03. The third-order valence-electron chi connectivity index (χ3n) is 1.79. The fourth-order valence-corrected chi connectivity index (χ4v) is 1.12. The lowest BCUT2D eigenvalue weighted by molar-refractivity contribution is -0.142. The van der Waals surface area contributed by atoms with Crippen LogP contribution in [-0.2, 0) is 16.1 Å². The van der Waals surface area contributed by atoms with Gasteiger partial charge in [0.1, 0.15) is 0 Å². The molecule has 0 radical (unpaired) electrons. The van der Waals surface area contributed by atoms with Crippen molar-refractivity contribution < 1.29 is 9.53 Å². The zero-order chi connectivity index (χ0) is 10.2. The van der Waals surface area contributed by atoms with Gasteiger partial charge in [-0.25, -0.2) is 0 Å². The first-order valence-electron chi connectivity index (χ1n) is 4.81. The van der Waals surface area contributed by atoms with Crippen LogP contribution in [0, 0.1) is 0 Å². The van der Waals surface area contributed by atoms with Crippen LogP contribution in [0.4, 0.5) is 0 Å². The van der Waals surface area contributed by atoms with Gasteiger partial charge in [-0.15, -0.1) is 0 Å². The van der Waals surface area contributed by atoms with Gasteiger partial charge < -0.3 is 15.0 Å². The fourth-order valence-electron chi connectivity index (χ4n) is 1.12. The van der Waals surface area contributed by atoms with Crippen molar-refractivity contribution >= 4 is 5.97 Å². The average Bonchev–Trinajstić information content (AvgIpc) is 2.65. The molecule has 0 saturated carbocycles. The van der Waals surface area contributed by atoms with Crippen molar-refractivity contribution in [2.45, 2.75) is 19.9 Å². The quantitative estimate of drug-likeness (QED) is 0.528. The van der Waals surface area contributed by atoms with E-state index in [1.165, 1.54) is 0 Å². The van der Waals surface area contributed by atoms with Crippen molar-refractivity contribution in [2.75, 3.05) is 13.2 Å². The molecule has 1 heterocycles. The molecular weight excluding hydrogens is 180 g/mol. The van der Waals surface area contributed by atoms with Crippen molar-refractivity contribution in [3.8, 4) is 0 Å². The molecule has 0 aromatic carbocycles. The van der Waals surface area contributed by atoms with E-state index in [2.05, 4.69) is 10.3 Å². The molecule has 1 aromatic rings. The first-order chi connectivity index (χ1) is 6.83. The van der Waals surface area contributed by atoms with Gasteiger partial charge in [-0.05, 0) is 19.1 Å². The Morgan fingerprint density at radius 1 is 1.64 bits per heavy atom. The number of carbonyl (C=O) groups excluding carboxylic acids is 1. The molecule has 0 bridgehead atoms. The van der Waals surface area contributed by atoms with Gasteiger partial charge in [-0.2, -0.15) is 0 Å². The number of esters is 1. The molecule has 4 nitrogen and oxygen atoms in total. The van der Waals surface area contributed by atoms with Crippen LogP contribution in [0.1, 0.15) is 19.0 Å². The molecule has 0 saturated heterocycles.